The molecule has 1 aromatic carbocycles. The van der Waals surface area contributed by atoms with Crippen molar-refractivity contribution in [3.8, 4) is 5.75 Å². The van der Waals surface area contributed by atoms with Crippen molar-refractivity contribution in [1.82, 2.24) is 9.88 Å². The van der Waals surface area contributed by atoms with Crippen LogP contribution in [0, 0.1) is 6.92 Å². The molecular weight excluding hydrogens is 200 g/mol. The Morgan fingerprint density at radius 2 is 2.31 bits per heavy atom. The topological polar surface area (TPSA) is 26.2 Å². The molecule has 3 heteroatoms. The van der Waals surface area contributed by atoms with Crippen LogP contribution in [-0.2, 0) is 0 Å². The standard InChI is InChI=1S/C13H14N2O/c1-7-4-3-5-9-10(7)15-8(2)6-14-13-11(15)12(9)16-13/h3-5,8,13-14H,6H2,1-2H3/t8?,13-/m1/s1. The molecule has 0 saturated heterocycles. The van der Waals surface area contributed by atoms with Gasteiger partial charge in [-0.3, -0.25) is 5.32 Å². The molecule has 1 N–H and O–H groups in total. The quantitative estimate of drug-likeness (QED) is 0.729. The van der Waals surface area contributed by atoms with Crippen molar-refractivity contribution in [2.75, 3.05) is 6.54 Å². The minimum absolute atomic E-state index is 0.123. The number of benzene rings is 1. The van der Waals surface area contributed by atoms with E-state index in [0.717, 1.165) is 12.3 Å². The monoisotopic (exact) mass is 214 g/mol. The molecule has 0 bridgehead atoms. The first-order valence-corrected chi connectivity index (χ1v) is 5.81. The third kappa shape index (κ3) is 0.802. The lowest BCUT2D eigenvalue weighted by molar-refractivity contribution is 0.0794. The summed E-state index contributed by atoms with van der Waals surface area (Å²) in [4.78, 5) is 0. The number of hydrogen-bond donors (Lipinski definition) is 1. The molecule has 0 aliphatic carbocycles. The van der Waals surface area contributed by atoms with Gasteiger partial charge in [-0.2, -0.15) is 0 Å². The first kappa shape index (κ1) is 8.65. The second-order valence-electron chi connectivity index (χ2n) is 4.81. The van der Waals surface area contributed by atoms with Gasteiger partial charge in [0.1, 0.15) is 5.69 Å². The minimum Gasteiger partial charge on any atom is -0.467 e. The number of aromatic nitrogens is 1. The first-order valence-electron chi connectivity index (χ1n) is 5.81. The van der Waals surface area contributed by atoms with E-state index in [4.69, 9.17) is 4.74 Å². The van der Waals surface area contributed by atoms with E-state index in [1.807, 2.05) is 0 Å². The van der Waals surface area contributed by atoms with Crippen molar-refractivity contribution in [3.05, 3.63) is 29.5 Å². The van der Waals surface area contributed by atoms with Crippen LogP contribution in [0.15, 0.2) is 18.2 Å². The third-order valence-electron chi connectivity index (χ3n) is 3.74. The van der Waals surface area contributed by atoms with Crippen molar-refractivity contribution in [2.45, 2.75) is 26.1 Å². The normalized spacial score (nSPS) is 26.1. The van der Waals surface area contributed by atoms with E-state index in [1.54, 1.807) is 0 Å². The van der Waals surface area contributed by atoms with Crippen LogP contribution in [0.5, 0.6) is 5.75 Å². The van der Waals surface area contributed by atoms with Crippen LogP contribution in [0.2, 0.25) is 0 Å². The summed E-state index contributed by atoms with van der Waals surface area (Å²) in [6.45, 7) is 5.41. The molecule has 16 heavy (non-hydrogen) atoms. The Morgan fingerprint density at radius 3 is 3.19 bits per heavy atom. The number of rotatable bonds is 0. The van der Waals surface area contributed by atoms with E-state index in [0.29, 0.717) is 6.04 Å². The number of aryl methyl sites for hydroxylation is 1. The van der Waals surface area contributed by atoms with Gasteiger partial charge in [-0.25, -0.2) is 0 Å². The van der Waals surface area contributed by atoms with Crippen molar-refractivity contribution in [3.63, 3.8) is 0 Å². The summed E-state index contributed by atoms with van der Waals surface area (Å²) in [6, 6.07) is 6.95. The Kier molecular flexibility index (Phi) is 1.41. The Balaban J connectivity index is 2.19. The summed E-state index contributed by atoms with van der Waals surface area (Å²) in [5, 5.41) is 4.67. The van der Waals surface area contributed by atoms with Crippen LogP contribution in [-0.4, -0.2) is 11.1 Å². The van der Waals surface area contributed by atoms with Gasteiger partial charge in [-0.1, -0.05) is 12.1 Å². The Morgan fingerprint density at radius 1 is 1.44 bits per heavy atom. The molecule has 1 aromatic heterocycles. The van der Waals surface area contributed by atoms with Crippen LogP contribution in [0.1, 0.15) is 30.5 Å². The van der Waals surface area contributed by atoms with E-state index in [2.05, 4.69) is 41.9 Å². The van der Waals surface area contributed by atoms with Gasteiger partial charge in [0.05, 0.1) is 5.52 Å². The first-order chi connectivity index (χ1) is 7.77. The number of ether oxygens (including phenoxy) is 1. The van der Waals surface area contributed by atoms with E-state index in [9.17, 15) is 0 Å². The highest BCUT2D eigenvalue weighted by Gasteiger charge is 2.40. The van der Waals surface area contributed by atoms with Gasteiger partial charge in [0, 0.05) is 18.0 Å². The fourth-order valence-electron chi connectivity index (χ4n) is 2.98. The summed E-state index contributed by atoms with van der Waals surface area (Å²) < 4.78 is 8.24. The lowest BCUT2D eigenvalue weighted by Crippen LogP contribution is -2.43. The summed E-state index contributed by atoms with van der Waals surface area (Å²) in [6.07, 6.45) is 0.123. The number of nitrogens with zero attached hydrogens (tertiary/aromatic N) is 1. The molecule has 2 atom stereocenters. The van der Waals surface area contributed by atoms with Gasteiger partial charge >= 0.3 is 0 Å². The van der Waals surface area contributed by atoms with E-state index < -0.39 is 0 Å². The average molecular weight is 214 g/mol. The Labute approximate surface area is 94.0 Å². The van der Waals surface area contributed by atoms with Gasteiger partial charge in [0.15, 0.2) is 12.0 Å². The maximum absolute atomic E-state index is 5.79. The minimum atomic E-state index is 0.123. The fourth-order valence-corrected chi connectivity index (χ4v) is 2.98. The second-order valence-corrected chi connectivity index (χ2v) is 4.81. The highest BCUT2D eigenvalue weighted by atomic mass is 16.5. The number of para-hydroxylation sites is 1. The third-order valence-corrected chi connectivity index (χ3v) is 3.74. The molecule has 0 spiro atoms. The lowest BCUT2D eigenvalue weighted by Gasteiger charge is -2.37. The molecule has 2 aromatic rings. The summed E-state index contributed by atoms with van der Waals surface area (Å²) in [5.74, 6) is 1.09. The molecule has 0 radical (unpaired) electrons. The predicted molar refractivity (Wildman–Crippen MR) is 62.8 cm³/mol. The summed E-state index contributed by atoms with van der Waals surface area (Å²) in [5.41, 5.74) is 4.02. The average Bonchev–Trinajstić information content (AvgIpc) is 2.52. The van der Waals surface area contributed by atoms with Gasteiger partial charge < -0.3 is 9.30 Å². The van der Waals surface area contributed by atoms with Crippen molar-refractivity contribution < 1.29 is 4.74 Å². The Bertz CT molecular complexity index is 599. The van der Waals surface area contributed by atoms with Gasteiger partial charge in [-0.15, -0.1) is 0 Å². The predicted octanol–water partition coefficient (Wildman–Crippen LogP) is 2.50. The molecular formula is C13H14N2O. The zero-order valence-corrected chi connectivity index (χ0v) is 9.45. The van der Waals surface area contributed by atoms with Gasteiger partial charge in [-0.05, 0) is 25.5 Å². The molecule has 0 amide bonds. The van der Waals surface area contributed by atoms with Gasteiger partial charge in [0.2, 0.25) is 0 Å². The SMILES string of the molecule is Cc1cccc2c3c4n(c12)C(C)CN[C@@H]4O3. The highest BCUT2D eigenvalue weighted by molar-refractivity contribution is 5.92. The molecule has 3 heterocycles. The number of nitrogens with one attached hydrogen (secondary N) is 1. The Hall–Kier alpha value is -1.48. The zero-order chi connectivity index (χ0) is 10.9. The molecule has 0 fully saturated rings. The smallest absolute Gasteiger partial charge is 0.195 e. The zero-order valence-electron chi connectivity index (χ0n) is 9.45. The molecule has 4 rings (SSSR count). The molecule has 2 aliphatic rings. The second kappa shape index (κ2) is 2.61. The van der Waals surface area contributed by atoms with Crippen LogP contribution in [0.3, 0.4) is 0 Å². The van der Waals surface area contributed by atoms with Crippen LogP contribution in [0.4, 0.5) is 0 Å². The molecule has 82 valence electrons. The van der Waals surface area contributed by atoms with E-state index in [1.165, 1.54) is 22.2 Å². The van der Waals surface area contributed by atoms with Crippen molar-refractivity contribution >= 4 is 10.9 Å². The van der Waals surface area contributed by atoms with Gasteiger partial charge in [0.25, 0.3) is 0 Å². The van der Waals surface area contributed by atoms with E-state index >= 15 is 0 Å². The summed E-state index contributed by atoms with van der Waals surface area (Å²) >= 11 is 0. The highest BCUT2D eigenvalue weighted by Crippen LogP contribution is 2.49. The molecule has 3 nitrogen and oxygen atoms in total. The maximum atomic E-state index is 5.79. The number of fused-ring (bicyclic) bond motifs is 3. The molecule has 0 saturated carbocycles. The van der Waals surface area contributed by atoms with Crippen LogP contribution < -0.4 is 10.1 Å². The van der Waals surface area contributed by atoms with Crippen LogP contribution in [0.25, 0.3) is 10.9 Å². The van der Waals surface area contributed by atoms with E-state index in [-0.39, 0.29) is 6.23 Å². The molecule has 1 unspecified atom stereocenters. The summed E-state index contributed by atoms with van der Waals surface area (Å²) in [7, 11) is 0. The lowest BCUT2D eigenvalue weighted by atomic mass is 10.1. The largest absolute Gasteiger partial charge is 0.467 e. The fraction of sp³-hybridized carbons (Fsp3) is 0.385. The number of hydrogen-bond acceptors (Lipinski definition) is 2. The van der Waals surface area contributed by atoms with Crippen molar-refractivity contribution in [1.29, 1.82) is 0 Å². The molecule has 2 aliphatic heterocycles. The van der Waals surface area contributed by atoms with Crippen molar-refractivity contribution in [2.24, 2.45) is 0 Å². The maximum Gasteiger partial charge on any atom is 0.195 e. The van der Waals surface area contributed by atoms with Crippen LogP contribution >= 0.6 is 0 Å².